The molecule has 0 spiro atoms. The Hall–Kier alpha value is -1.39. The molecule has 1 amide bonds. The monoisotopic (exact) mass is 210 g/mol. The predicted octanol–water partition coefficient (Wildman–Crippen LogP) is 1.23. The van der Waals surface area contributed by atoms with Crippen LogP contribution in [0.1, 0.15) is 36.7 Å². The van der Waals surface area contributed by atoms with Gasteiger partial charge in [-0.05, 0) is 19.3 Å². The number of aryl methyl sites for hydroxylation is 1. The molecular weight excluding hydrogens is 192 g/mol. The van der Waals surface area contributed by atoms with Crippen LogP contribution in [-0.2, 0) is 0 Å². The van der Waals surface area contributed by atoms with E-state index in [1.54, 1.807) is 18.9 Å². The average molecular weight is 210 g/mol. The average Bonchev–Trinajstić information content (AvgIpc) is 2.60. The van der Waals surface area contributed by atoms with Crippen molar-refractivity contribution in [2.75, 3.05) is 13.6 Å². The molecule has 0 unspecified atom stereocenters. The molecular formula is C10H18N4O. The van der Waals surface area contributed by atoms with E-state index in [4.69, 9.17) is 0 Å². The first-order chi connectivity index (χ1) is 7.00. The summed E-state index contributed by atoms with van der Waals surface area (Å²) in [5.74, 6) is 1.38. The van der Waals surface area contributed by atoms with Crippen LogP contribution >= 0.6 is 0 Å². The summed E-state index contributed by atoms with van der Waals surface area (Å²) in [6.45, 7) is 6.78. The third kappa shape index (κ3) is 3.34. The lowest BCUT2D eigenvalue weighted by atomic mass is 10.1. The summed E-state index contributed by atoms with van der Waals surface area (Å²) in [4.78, 5) is 17.4. The Bertz CT molecular complexity index is 332. The zero-order chi connectivity index (χ0) is 11.4. The maximum atomic E-state index is 11.8. The number of rotatable bonds is 4. The second kappa shape index (κ2) is 4.91. The molecule has 0 aliphatic rings. The Balaban J connectivity index is 2.53. The molecule has 15 heavy (non-hydrogen) atoms. The maximum Gasteiger partial charge on any atom is 0.293 e. The van der Waals surface area contributed by atoms with Crippen LogP contribution in [0.2, 0.25) is 0 Å². The lowest BCUT2D eigenvalue weighted by Gasteiger charge is -2.16. The predicted molar refractivity (Wildman–Crippen MR) is 57.5 cm³/mol. The number of nitrogens with one attached hydrogen (secondary N) is 1. The Morgan fingerprint density at radius 1 is 1.53 bits per heavy atom. The largest absolute Gasteiger partial charge is 0.339 e. The fourth-order valence-corrected chi connectivity index (χ4v) is 1.16. The SMILES string of the molecule is Cc1nc(C(=O)N(C)CCC(C)C)n[nH]1. The number of hydrogen-bond acceptors (Lipinski definition) is 3. The highest BCUT2D eigenvalue weighted by Crippen LogP contribution is 2.03. The van der Waals surface area contributed by atoms with E-state index in [1.807, 2.05) is 0 Å². The third-order valence-corrected chi connectivity index (χ3v) is 2.18. The molecule has 0 radical (unpaired) electrons. The molecule has 0 saturated carbocycles. The van der Waals surface area contributed by atoms with Crippen molar-refractivity contribution in [3.63, 3.8) is 0 Å². The second-order valence-electron chi connectivity index (χ2n) is 4.15. The van der Waals surface area contributed by atoms with E-state index in [9.17, 15) is 4.79 Å². The molecule has 0 fully saturated rings. The Kier molecular flexibility index (Phi) is 3.82. The molecule has 5 heteroatoms. The highest BCUT2D eigenvalue weighted by Gasteiger charge is 2.15. The van der Waals surface area contributed by atoms with Crippen LogP contribution in [0.25, 0.3) is 0 Å². The van der Waals surface area contributed by atoms with Crippen LogP contribution in [0.15, 0.2) is 0 Å². The summed E-state index contributed by atoms with van der Waals surface area (Å²) in [5.41, 5.74) is 0. The molecule has 1 heterocycles. The number of aromatic nitrogens is 3. The number of carbonyl (C=O) groups is 1. The lowest BCUT2D eigenvalue weighted by Crippen LogP contribution is -2.29. The molecule has 5 nitrogen and oxygen atoms in total. The van der Waals surface area contributed by atoms with Gasteiger partial charge in [0.2, 0.25) is 5.82 Å². The molecule has 1 N–H and O–H groups in total. The number of hydrogen-bond donors (Lipinski definition) is 1. The molecule has 0 aliphatic carbocycles. The number of carbonyl (C=O) groups excluding carboxylic acids is 1. The van der Waals surface area contributed by atoms with E-state index < -0.39 is 0 Å². The first-order valence-electron chi connectivity index (χ1n) is 5.15. The number of amides is 1. The van der Waals surface area contributed by atoms with E-state index in [0.29, 0.717) is 11.7 Å². The van der Waals surface area contributed by atoms with Crippen molar-refractivity contribution in [2.24, 2.45) is 5.92 Å². The first-order valence-corrected chi connectivity index (χ1v) is 5.15. The minimum Gasteiger partial charge on any atom is -0.339 e. The Morgan fingerprint density at radius 2 is 2.20 bits per heavy atom. The minimum absolute atomic E-state index is 0.125. The van der Waals surface area contributed by atoms with Crippen LogP contribution in [0.5, 0.6) is 0 Å². The zero-order valence-electron chi connectivity index (χ0n) is 9.74. The first kappa shape index (κ1) is 11.7. The van der Waals surface area contributed by atoms with E-state index >= 15 is 0 Å². The van der Waals surface area contributed by atoms with Gasteiger partial charge in [-0.15, -0.1) is 5.10 Å². The topological polar surface area (TPSA) is 61.9 Å². The molecule has 0 atom stereocenters. The molecule has 0 saturated heterocycles. The molecule has 1 rings (SSSR count). The number of nitrogens with zero attached hydrogens (tertiary/aromatic N) is 3. The van der Waals surface area contributed by atoms with Gasteiger partial charge in [-0.25, -0.2) is 4.98 Å². The zero-order valence-corrected chi connectivity index (χ0v) is 9.74. The normalized spacial score (nSPS) is 10.7. The van der Waals surface area contributed by atoms with Crippen LogP contribution < -0.4 is 0 Å². The van der Waals surface area contributed by atoms with Gasteiger partial charge in [-0.3, -0.25) is 9.89 Å². The third-order valence-electron chi connectivity index (χ3n) is 2.18. The summed E-state index contributed by atoms with van der Waals surface area (Å²) in [5, 5.41) is 6.50. The van der Waals surface area contributed by atoms with Gasteiger partial charge in [0.1, 0.15) is 5.82 Å². The van der Waals surface area contributed by atoms with Gasteiger partial charge < -0.3 is 4.90 Å². The van der Waals surface area contributed by atoms with Crippen molar-refractivity contribution in [3.05, 3.63) is 11.6 Å². The van der Waals surface area contributed by atoms with Crippen LogP contribution in [0, 0.1) is 12.8 Å². The van der Waals surface area contributed by atoms with Gasteiger partial charge in [0.05, 0.1) is 0 Å². The highest BCUT2D eigenvalue weighted by atomic mass is 16.2. The van der Waals surface area contributed by atoms with Crippen molar-refractivity contribution in [3.8, 4) is 0 Å². The summed E-state index contributed by atoms with van der Waals surface area (Å²) in [6, 6.07) is 0. The van der Waals surface area contributed by atoms with Crippen LogP contribution in [-0.4, -0.2) is 39.6 Å². The highest BCUT2D eigenvalue weighted by molar-refractivity contribution is 5.90. The summed E-state index contributed by atoms with van der Waals surface area (Å²) < 4.78 is 0. The molecule has 1 aromatic heterocycles. The van der Waals surface area contributed by atoms with Crippen molar-refractivity contribution >= 4 is 5.91 Å². The van der Waals surface area contributed by atoms with Gasteiger partial charge in [-0.1, -0.05) is 13.8 Å². The molecule has 0 bridgehead atoms. The van der Waals surface area contributed by atoms with Gasteiger partial charge in [0.15, 0.2) is 0 Å². The van der Waals surface area contributed by atoms with Crippen molar-refractivity contribution in [1.29, 1.82) is 0 Å². The van der Waals surface area contributed by atoms with Gasteiger partial charge in [0.25, 0.3) is 5.91 Å². The van der Waals surface area contributed by atoms with E-state index in [1.165, 1.54) is 0 Å². The van der Waals surface area contributed by atoms with Gasteiger partial charge >= 0.3 is 0 Å². The van der Waals surface area contributed by atoms with Crippen molar-refractivity contribution < 1.29 is 4.79 Å². The van der Waals surface area contributed by atoms with Crippen molar-refractivity contribution in [2.45, 2.75) is 27.2 Å². The Morgan fingerprint density at radius 3 is 2.67 bits per heavy atom. The number of H-pyrrole nitrogens is 1. The molecule has 84 valence electrons. The number of aromatic amines is 1. The summed E-state index contributed by atoms with van der Waals surface area (Å²) >= 11 is 0. The smallest absolute Gasteiger partial charge is 0.293 e. The second-order valence-corrected chi connectivity index (χ2v) is 4.15. The standard InChI is InChI=1S/C10H18N4O/c1-7(2)5-6-14(4)10(15)9-11-8(3)12-13-9/h7H,5-6H2,1-4H3,(H,11,12,13). The van der Waals surface area contributed by atoms with Crippen LogP contribution in [0.3, 0.4) is 0 Å². The van der Waals surface area contributed by atoms with Crippen molar-refractivity contribution in [1.82, 2.24) is 20.1 Å². The molecule has 0 aromatic carbocycles. The van der Waals surface area contributed by atoms with E-state index in [0.717, 1.165) is 13.0 Å². The van der Waals surface area contributed by atoms with E-state index in [-0.39, 0.29) is 11.7 Å². The molecule has 0 aliphatic heterocycles. The van der Waals surface area contributed by atoms with Gasteiger partial charge in [0, 0.05) is 13.6 Å². The fraction of sp³-hybridized carbons (Fsp3) is 0.700. The minimum atomic E-state index is -0.125. The lowest BCUT2D eigenvalue weighted by molar-refractivity contribution is 0.0777. The fourth-order valence-electron chi connectivity index (χ4n) is 1.16. The molecule has 1 aromatic rings. The van der Waals surface area contributed by atoms with Gasteiger partial charge in [-0.2, -0.15) is 0 Å². The quantitative estimate of drug-likeness (QED) is 0.813. The van der Waals surface area contributed by atoms with Crippen LogP contribution in [0.4, 0.5) is 0 Å². The van der Waals surface area contributed by atoms with E-state index in [2.05, 4.69) is 29.0 Å². The Labute approximate surface area is 89.9 Å². The summed E-state index contributed by atoms with van der Waals surface area (Å²) in [7, 11) is 1.77. The summed E-state index contributed by atoms with van der Waals surface area (Å²) in [6.07, 6.45) is 0.992. The maximum absolute atomic E-state index is 11.8.